The van der Waals surface area contributed by atoms with E-state index in [1.54, 1.807) is 30.7 Å². The van der Waals surface area contributed by atoms with Crippen molar-refractivity contribution in [1.29, 1.82) is 0 Å². The van der Waals surface area contributed by atoms with Crippen LogP contribution in [0.3, 0.4) is 0 Å². The maximum Gasteiger partial charge on any atom is 0.230 e. The molecule has 0 spiro atoms. The van der Waals surface area contributed by atoms with Crippen LogP contribution in [-0.4, -0.2) is 27.2 Å². The molecule has 146 valence electrons. The number of anilines is 2. The molecule has 2 aromatic heterocycles. The molecule has 0 unspecified atom stereocenters. The molecule has 2 N–H and O–H groups in total. The number of aryl methyl sites for hydroxylation is 1. The Balaban J connectivity index is 1.60. The molecule has 1 fully saturated rings. The van der Waals surface area contributed by atoms with E-state index in [1.165, 1.54) is 6.42 Å². The average Bonchev–Trinajstić information content (AvgIpc) is 3.20. The Morgan fingerprint density at radius 1 is 1.14 bits per heavy atom. The normalized spacial score (nSPS) is 16.0. The van der Waals surface area contributed by atoms with Crippen LogP contribution in [0.5, 0.6) is 5.88 Å². The second-order valence-corrected chi connectivity index (χ2v) is 8.29. The standard InChI is InChI=1S/C21H24N4O2S/c1-14-10-15(12-16(11-14)24-20-22-9-6-18(25-20)27-2)17-13-23-19(28-17)21(26)7-4-3-5-8-21/h6,9-13,26H,3-5,7-8H2,1-2H3,(H,22,24,25). The lowest BCUT2D eigenvalue weighted by atomic mass is 9.85. The van der Waals surface area contributed by atoms with E-state index in [0.29, 0.717) is 11.8 Å². The largest absolute Gasteiger partial charge is 0.481 e. The Morgan fingerprint density at radius 3 is 2.75 bits per heavy atom. The van der Waals surface area contributed by atoms with Crippen molar-refractivity contribution in [1.82, 2.24) is 15.0 Å². The Hall–Kier alpha value is -2.51. The van der Waals surface area contributed by atoms with E-state index in [-0.39, 0.29) is 0 Å². The lowest BCUT2D eigenvalue weighted by molar-refractivity contribution is -0.000807. The number of aliphatic hydroxyl groups is 1. The molecule has 0 bridgehead atoms. The minimum atomic E-state index is -0.763. The molecule has 1 aliphatic carbocycles. The summed E-state index contributed by atoms with van der Waals surface area (Å²) in [5.74, 6) is 0.996. The highest BCUT2D eigenvalue weighted by molar-refractivity contribution is 7.15. The molecule has 6 nitrogen and oxygen atoms in total. The van der Waals surface area contributed by atoms with Gasteiger partial charge in [0.15, 0.2) is 0 Å². The summed E-state index contributed by atoms with van der Waals surface area (Å²) >= 11 is 1.58. The van der Waals surface area contributed by atoms with E-state index in [9.17, 15) is 5.11 Å². The predicted octanol–water partition coefficient (Wildman–Crippen LogP) is 4.81. The molecular weight excluding hydrogens is 372 g/mol. The van der Waals surface area contributed by atoms with E-state index in [2.05, 4.69) is 39.3 Å². The molecule has 1 saturated carbocycles. The third-order valence-electron chi connectivity index (χ3n) is 5.04. The summed E-state index contributed by atoms with van der Waals surface area (Å²) in [5.41, 5.74) is 2.32. The summed E-state index contributed by atoms with van der Waals surface area (Å²) < 4.78 is 5.16. The van der Waals surface area contributed by atoms with Gasteiger partial charge in [-0.05, 0) is 43.0 Å². The summed E-state index contributed by atoms with van der Waals surface area (Å²) in [6.45, 7) is 2.05. The van der Waals surface area contributed by atoms with Gasteiger partial charge in [-0.2, -0.15) is 4.98 Å². The Bertz CT molecular complexity index is 967. The van der Waals surface area contributed by atoms with Crippen molar-refractivity contribution in [3.05, 3.63) is 47.2 Å². The Kier molecular flexibility index (Phi) is 5.28. The molecule has 4 rings (SSSR count). The molecule has 0 amide bonds. The van der Waals surface area contributed by atoms with Gasteiger partial charge in [0.1, 0.15) is 10.6 Å². The highest BCUT2D eigenvalue weighted by Gasteiger charge is 2.34. The van der Waals surface area contributed by atoms with Crippen LogP contribution in [-0.2, 0) is 5.60 Å². The van der Waals surface area contributed by atoms with Gasteiger partial charge in [0.25, 0.3) is 0 Å². The van der Waals surface area contributed by atoms with E-state index >= 15 is 0 Å². The molecule has 28 heavy (non-hydrogen) atoms. The van der Waals surface area contributed by atoms with Crippen molar-refractivity contribution in [3.63, 3.8) is 0 Å². The van der Waals surface area contributed by atoms with Gasteiger partial charge in [0, 0.05) is 24.1 Å². The van der Waals surface area contributed by atoms with Gasteiger partial charge < -0.3 is 15.2 Å². The molecule has 0 radical (unpaired) electrons. The summed E-state index contributed by atoms with van der Waals surface area (Å²) in [4.78, 5) is 14.2. The zero-order valence-electron chi connectivity index (χ0n) is 16.1. The number of nitrogens with one attached hydrogen (secondary N) is 1. The highest BCUT2D eigenvalue weighted by Crippen LogP contribution is 2.41. The molecule has 0 aliphatic heterocycles. The van der Waals surface area contributed by atoms with Gasteiger partial charge in [-0.15, -0.1) is 11.3 Å². The smallest absolute Gasteiger partial charge is 0.230 e. The number of thiazole rings is 1. The monoisotopic (exact) mass is 396 g/mol. The van der Waals surface area contributed by atoms with Crippen molar-refractivity contribution in [3.8, 4) is 16.3 Å². The molecule has 1 aliphatic rings. The number of nitrogens with zero attached hydrogens (tertiary/aromatic N) is 3. The van der Waals surface area contributed by atoms with Crippen LogP contribution in [0.2, 0.25) is 0 Å². The first-order chi connectivity index (χ1) is 13.6. The third kappa shape index (κ3) is 4.00. The maximum absolute atomic E-state index is 11.0. The van der Waals surface area contributed by atoms with Crippen LogP contribution < -0.4 is 10.1 Å². The molecule has 0 atom stereocenters. The number of rotatable bonds is 5. The molecule has 2 heterocycles. The summed E-state index contributed by atoms with van der Waals surface area (Å²) in [6.07, 6.45) is 8.44. The summed E-state index contributed by atoms with van der Waals surface area (Å²) in [7, 11) is 1.58. The molecule has 0 saturated heterocycles. The zero-order chi connectivity index (χ0) is 19.6. The number of aromatic nitrogens is 3. The Labute approximate surface area is 168 Å². The topological polar surface area (TPSA) is 80.2 Å². The van der Waals surface area contributed by atoms with Crippen LogP contribution in [0.25, 0.3) is 10.4 Å². The fraction of sp³-hybridized carbons (Fsp3) is 0.381. The van der Waals surface area contributed by atoms with Crippen LogP contribution >= 0.6 is 11.3 Å². The fourth-order valence-corrected chi connectivity index (χ4v) is 4.66. The van der Waals surface area contributed by atoms with Gasteiger partial charge in [-0.1, -0.05) is 25.3 Å². The highest BCUT2D eigenvalue weighted by atomic mass is 32.1. The van der Waals surface area contributed by atoms with Gasteiger partial charge in [-0.3, -0.25) is 0 Å². The number of hydrogen-bond acceptors (Lipinski definition) is 7. The van der Waals surface area contributed by atoms with Crippen LogP contribution in [0.15, 0.2) is 36.7 Å². The van der Waals surface area contributed by atoms with E-state index < -0.39 is 5.60 Å². The number of ether oxygens (including phenoxy) is 1. The zero-order valence-corrected chi connectivity index (χ0v) is 16.9. The molecule has 1 aromatic carbocycles. The van der Waals surface area contributed by atoms with Gasteiger partial charge in [-0.25, -0.2) is 9.97 Å². The second kappa shape index (κ2) is 7.85. The first kappa shape index (κ1) is 18.8. The SMILES string of the molecule is COc1ccnc(Nc2cc(C)cc(-c3cnc(C4(O)CCCCC4)s3)c2)n1. The number of hydrogen-bond donors (Lipinski definition) is 2. The van der Waals surface area contributed by atoms with Crippen molar-refractivity contribution in [2.75, 3.05) is 12.4 Å². The van der Waals surface area contributed by atoms with Gasteiger partial charge in [0.2, 0.25) is 11.8 Å². The van der Waals surface area contributed by atoms with Crippen LogP contribution in [0.1, 0.15) is 42.7 Å². The van der Waals surface area contributed by atoms with Crippen molar-refractivity contribution < 1.29 is 9.84 Å². The maximum atomic E-state index is 11.0. The fourth-order valence-electron chi connectivity index (χ4n) is 3.62. The summed E-state index contributed by atoms with van der Waals surface area (Å²) in [6, 6.07) is 7.93. The van der Waals surface area contributed by atoms with Crippen molar-refractivity contribution >= 4 is 23.0 Å². The number of methoxy groups -OCH3 is 1. The minimum absolute atomic E-state index is 0.484. The second-order valence-electron chi connectivity index (χ2n) is 7.26. The van der Waals surface area contributed by atoms with Gasteiger partial charge >= 0.3 is 0 Å². The third-order valence-corrected chi connectivity index (χ3v) is 6.28. The van der Waals surface area contributed by atoms with Crippen molar-refractivity contribution in [2.24, 2.45) is 0 Å². The average molecular weight is 397 g/mol. The summed E-state index contributed by atoms with van der Waals surface area (Å²) in [5, 5.41) is 15.0. The lowest BCUT2D eigenvalue weighted by Crippen LogP contribution is -2.28. The lowest BCUT2D eigenvalue weighted by Gasteiger charge is -2.29. The van der Waals surface area contributed by atoms with E-state index in [0.717, 1.165) is 52.4 Å². The Morgan fingerprint density at radius 2 is 1.96 bits per heavy atom. The van der Waals surface area contributed by atoms with E-state index in [4.69, 9.17) is 4.74 Å². The predicted molar refractivity (Wildman–Crippen MR) is 111 cm³/mol. The quantitative estimate of drug-likeness (QED) is 0.644. The van der Waals surface area contributed by atoms with Crippen molar-refractivity contribution in [2.45, 2.75) is 44.6 Å². The van der Waals surface area contributed by atoms with Gasteiger partial charge in [0.05, 0.1) is 12.0 Å². The first-order valence-electron chi connectivity index (χ1n) is 9.50. The van der Waals surface area contributed by atoms with Crippen LogP contribution in [0.4, 0.5) is 11.6 Å². The first-order valence-corrected chi connectivity index (χ1v) is 10.3. The van der Waals surface area contributed by atoms with E-state index in [1.807, 2.05) is 12.3 Å². The minimum Gasteiger partial charge on any atom is -0.481 e. The molecule has 3 aromatic rings. The van der Waals surface area contributed by atoms with Crippen LogP contribution in [0, 0.1) is 6.92 Å². The molecular formula is C21H24N4O2S. The number of benzene rings is 1. The molecule has 7 heteroatoms.